The minimum atomic E-state index is -0.655. The molecular weight excluding hydrogens is 342 g/mol. The van der Waals surface area contributed by atoms with E-state index in [-0.39, 0.29) is 11.7 Å². The molecule has 6 heteroatoms. The van der Waals surface area contributed by atoms with Crippen LogP contribution in [-0.4, -0.2) is 42.5 Å². The summed E-state index contributed by atoms with van der Waals surface area (Å²) in [5.74, 6) is 0.938. The number of carbonyl (C=O) groups is 2. The third-order valence-corrected chi connectivity index (χ3v) is 4.77. The maximum Gasteiger partial charge on any atom is 0.411 e. The minimum absolute atomic E-state index is 0.0762. The van der Waals surface area contributed by atoms with Crippen LogP contribution in [0.1, 0.15) is 47.7 Å². The van der Waals surface area contributed by atoms with Gasteiger partial charge in [0.2, 0.25) is 0 Å². The SMILES string of the molecule is COc1cc(C(=O)CC2CCCN(C(=O)OC(C)Cl)C2)cc(C)c1C. The van der Waals surface area contributed by atoms with Gasteiger partial charge >= 0.3 is 6.09 Å². The highest BCUT2D eigenvalue weighted by Crippen LogP contribution is 2.27. The van der Waals surface area contributed by atoms with Crippen LogP contribution in [-0.2, 0) is 4.74 Å². The van der Waals surface area contributed by atoms with Crippen LogP contribution in [0.2, 0.25) is 0 Å². The van der Waals surface area contributed by atoms with E-state index in [1.807, 2.05) is 19.9 Å². The molecule has 1 aliphatic rings. The first kappa shape index (κ1) is 19.6. The lowest BCUT2D eigenvalue weighted by Crippen LogP contribution is -2.41. The number of rotatable bonds is 5. The monoisotopic (exact) mass is 367 g/mol. The smallest absolute Gasteiger partial charge is 0.411 e. The van der Waals surface area contributed by atoms with Gasteiger partial charge in [0.25, 0.3) is 0 Å². The number of aryl methyl sites for hydroxylation is 1. The summed E-state index contributed by atoms with van der Waals surface area (Å²) >= 11 is 5.71. The van der Waals surface area contributed by atoms with Crippen LogP contribution < -0.4 is 4.74 Å². The van der Waals surface area contributed by atoms with Gasteiger partial charge in [-0.1, -0.05) is 11.6 Å². The fourth-order valence-electron chi connectivity index (χ4n) is 3.19. The number of hydrogen-bond donors (Lipinski definition) is 0. The van der Waals surface area contributed by atoms with Crippen LogP contribution >= 0.6 is 11.6 Å². The largest absolute Gasteiger partial charge is 0.496 e. The lowest BCUT2D eigenvalue weighted by Gasteiger charge is -2.32. The van der Waals surface area contributed by atoms with Gasteiger partial charge in [0.15, 0.2) is 11.3 Å². The Balaban J connectivity index is 2.03. The summed E-state index contributed by atoms with van der Waals surface area (Å²) < 4.78 is 10.4. The molecule has 0 N–H and O–H groups in total. The molecule has 0 saturated carbocycles. The van der Waals surface area contributed by atoms with Crippen molar-refractivity contribution < 1.29 is 19.1 Å². The summed E-state index contributed by atoms with van der Waals surface area (Å²) in [6.07, 6.45) is 1.78. The van der Waals surface area contributed by atoms with Gasteiger partial charge in [-0.25, -0.2) is 4.79 Å². The van der Waals surface area contributed by atoms with Crippen LogP contribution in [0.5, 0.6) is 5.75 Å². The second kappa shape index (κ2) is 8.56. The number of alkyl halides is 1. The molecule has 1 amide bonds. The molecule has 1 heterocycles. The van der Waals surface area contributed by atoms with Gasteiger partial charge < -0.3 is 14.4 Å². The van der Waals surface area contributed by atoms with Crippen LogP contribution in [0.15, 0.2) is 12.1 Å². The summed E-state index contributed by atoms with van der Waals surface area (Å²) in [7, 11) is 1.61. The normalized spacial score (nSPS) is 18.6. The summed E-state index contributed by atoms with van der Waals surface area (Å²) in [6, 6.07) is 3.71. The number of nitrogens with zero attached hydrogens (tertiary/aromatic N) is 1. The van der Waals surface area contributed by atoms with Gasteiger partial charge in [-0.3, -0.25) is 4.79 Å². The first-order chi connectivity index (χ1) is 11.8. The number of piperidine rings is 1. The molecule has 2 rings (SSSR count). The van der Waals surface area contributed by atoms with Crippen LogP contribution in [0.4, 0.5) is 4.79 Å². The third-order valence-electron chi connectivity index (χ3n) is 4.68. The number of Topliss-reactive ketones (excluding diaryl/α,β-unsaturated/α-hetero) is 1. The topological polar surface area (TPSA) is 55.8 Å². The van der Waals surface area contributed by atoms with Crippen molar-refractivity contribution in [1.29, 1.82) is 0 Å². The minimum Gasteiger partial charge on any atom is -0.496 e. The fourth-order valence-corrected chi connectivity index (χ4v) is 3.27. The molecular formula is C19H26ClNO4. The Kier molecular flexibility index (Phi) is 6.71. The van der Waals surface area contributed by atoms with Crippen molar-refractivity contribution in [2.24, 2.45) is 5.92 Å². The molecule has 0 aromatic heterocycles. The number of halogens is 1. The maximum atomic E-state index is 12.7. The summed E-state index contributed by atoms with van der Waals surface area (Å²) in [5, 5.41) is 0. The zero-order valence-corrected chi connectivity index (χ0v) is 16.1. The van der Waals surface area contributed by atoms with E-state index in [1.165, 1.54) is 0 Å². The molecule has 1 aromatic carbocycles. The molecule has 1 aliphatic heterocycles. The van der Waals surface area contributed by atoms with Crippen LogP contribution in [0, 0.1) is 19.8 Å². The predicted molar refractivity (Wildman–Crippen MR) is 97.5 cm³/mol. The standard InChI is InChI=1S/C19H26ClNO4/c1-12-8-16(10-18(24-4)13(12)2)17(22)9-15-6-5-7-21(11-15)19(23)25-14(3)20/h8,10,14-15H,5-7,9,11H2,1-4H3. The second-order valence-corrected chi connectivity index (χ2v) is 7.24. The van der Waals surface area contributed by atoms with E-state index in [2.05, 4.69) is 0 Å². The number of hydrogen-bond acceptors (Lipinski definition) is 4. The molecule has 2 unspecified atom stereocenters. The van der Waals surface area contributed by atoms with Crippen molar-refractivity contribution in [1.82, 2.24) is 4.90 Å². The van der Waals surface area contributed by atoms with E-state index in [1.54, 1.807) is 25.0 Å². The molecule has 138 valence electrons. The Bertz CT molecular complexity index is 645. The lowest BCUT2D eigenvalue weighted by atomic mass is 9.90. The zero-order valence-electron chi connectivity index (χ0n) is 15.3. The van der Waals surface area contributed by atoms with E-state index in [0.717, 1.165) is 29.7 Å². The molecule has 5 nitrogen and oxygen atoms in total. The Morgan fingerprint density at radius 2 is 2.08 bits per heavy atom. The van der Waals surface area contributed by atoms with Crippen molar-refractivity contribution in [2.45, 2.75) is 45.6 Å². The van der Waals surface area contributed by atoms with E-state index < -0.39 is 11.7 Å². The van der Waals surface area contributed by atoms with Crippen molar-refractivity contribution >= 4 is 23.5 Å². The first-order valence-corrected chi connectivity index (χ1v) is 9.03. The van der Waals surface area contributed by atoms with Crippen LogP contribution in [0.3, 0.4) is 0 Å². The number of methoxy groups -OCH3 is 1. The van der Waals surface area contributed by atoms with E-state index >= 15 is 0 Å². The lowest BCUT2D eigenvalue weighted by molar-refractivity contribution is 0.0732. The van der Waals surface area contributed by atoms with Gasteiger partial charge in [0.05, 0.1) is 7.11 Å². The molecule has 0 radical (unpaired) electrons. The van der Waals surface area contributed by atoms with E-state index in [0.29, 0.717) is 25.1 Å². The summed E-state index contributed by atoms with van der Waals surface area (Å²) in [6.45, 7) is 6.73. The Morgan fingerprint density at radius 1 is 1.36 bits per heavy atom. The van der Waals surface area contributed by atoms with Gasteiger partial charge in [-0.05, 0) is 62.8 Å². The summed E-state index contributed by atoms with van der Waals surface area (Å²) in [5.41, 5.74) is 2.08. The zero-order chi connectivity index (χ0) is 18.6. The van der Waals surface area contributed by atoms with Crippen LogP contribution in [0.25, 0.3) is 0 Å². The van der Waals surface area contributed by atoms with E-state index in [4.69, 9.17) is 21.1 Å². The van der Waals surface area contributed by atoms with Gasteiger partial charge in [0.1, 0.15) is 5.75 Å². The number of carbonyl (C=O) groups excluding carboxylic acids is 2. The molecule has 2 atom stereocenters. The third kappa shape index (κ3) is 5.11. The Hall–Kier alpha value is -1.75. The molecule has 0 bridgehead atoms. The highest BCUT2D eigenvalue weighted by molar-refractivity contribution is 6.19. The molecule has 0 aliphatic carbocycles. The number of benzene rings is 1. The quantitative estimate of drug-likeness (QED) is 0.574. The molecule has 0 spiro atoms. The number of amides is 1. The van der Waals surface area contributed by atoms with E-state index in [9.17, 15) is 9.59 Å². The Morgan fingerprint density at radius 3 is 2.72 bits per heavy atom. The van der Waals surface area contributed by atoms with Gasteiger partial charge in [-0.15, -0.1) is 0 Å². The van der Waals surface area contributed by atoms with Crippen molar-refractivity contribution in [3.05, 3.63) is 28.8 Å². The Labute approximate surface area is 154 Å². The second-order valence-electron chi connectivity index (χ2n) is 6.63. The highest BCUT2D eigenvalue weighted by atomic mass is 35.5. The molecule has 1 aromatic rings. The number of ether oxygens (including phenoxy) is 2. The van der Waals surface area contributed by atoms with Crippen molar-refractivity contribution in [3.63, 3.8) is 0 Å². The number of likely N-dealkylation sites (tertiary alicyclic amines) is 1. The predicted octanol–water partition coefficient (Wildman–Crippen LogP) is 4.32. The molecule has 25 heavy (non-hydrogen) atoms. The first-order valence-electron chi connectivity index (χ1n) is 8.60. The van der Waals surface area contributed by atoms with Gasteiger partial charge in [-0.2, -0.15) is 0 Å². The number of ketones is 1. The summed E-state index contributed by atoms with van der Waals surface area (Å²) in [4.78, 5) is 26.3. The highest BCUT2D eigenvalue weighted by Gasteiger charge is 2.27. The average molecular weight is 368 g/mol. The van der Waals surface area contributed by atoms with Gasteiger partial charge in [0, 0.05) is 25.1 Å². The van der Waals surface area contributed by atoms with Crippen molar-refractivity contribution in [2.75, 3.05) is 20.2 Å². The fraction of sp³-hybridized carbons (Fsp3) is 0.579. The molecule has 1 saturated heterocycles. The molecule has 1 fully saturated rings. The average Bonchev–Trinajstić information content (AvgIpc) is 2.56. The maximum absolute atomic E-state index is 12.7. The van der Waals surface area contributed by atoms with Crippen molar-refractivity contribution in [3.8, 4) is 5.75 Å².